The summed E-state index contributed by atoms with van der Waals surface area (Å²) < 4.78 is 0. The molecule has 1 rings (SSSR count). The Morgan fingerprint density at radius 2 is 1.58 bits per heavy atom. The van der Waals surface area contributed by atoms with Gasteiger partial charge in [0.25, 0.3) is 0 Å². The Morgan fingerprint density at radius 1 is 1.00 bits per heavy atom. The number of rotatable bonds is 8. The Kier molecular flexibility index (Phi) is 5.96. The van der Waals surface area contributed by atoms with Gasteiger partial charge in [-0.25, -0.2) is 0 Å². The second-order valence-electron chi connectivity index (χ2n) is 8.18. The highest BCUT2D eigenvalue weighted by atomic mass is 14.6. The highest BCUT2D eigenvalue weighted by molar-refractivity contribution is 5.03. The average Bonchev–Trinajstić information content (AvgIpc) is 3.05. The van der Waals surface area contributed by atoms with Crippen LogP contribution in [-0.2, 0) is 0 Å². The fraction of sp³-hybridized carbons (Fsp3) is 1.00. The van der Waals surface area contributed by atoms with Crippen molar-refractivity contribution in [2.75, 3.05) is 0 Å². The first-order valence-electron chi connectivity index (χ1n) is 8.76. The van der Waals surface area contributed by atoms with Crippen LogP contribution in [-0.4, -0.2) is 0 Å². The topological polar surface area (TPSA) is 0 Å². The van der Waals surface area contributed by atoms with Gasteiger partial charge in [-0.05, 0) is 53.8 Å². The van der Waals surface area contributed by atoms with Gasteiger partial charge in [0.2, 0.25) is 0 Å². The van der Waals surface area contributed by atoms with E-state index in [1.807, 2.05) is 0 Å². The highest BCUT2D eigenvalue weighted by Gasteiger charge is 2.53. The summed E-state index contributed by atoms with van der Waals surface area (Å²) in [6.45, 7) is 19.5. The van der Waals surface area contributed by atoms with Crippen molar-refractivity contribution in [2.45, 2.75) is 81.1 Å². The van der Waals surface area contributed by atoms with Crippen LogP contribution in [0.25, 0.3) is 0 Å². The van der Waals surface area contributed by atoms with Crippen LogP contribution in [0.2, 0.25) is 0 Å². The van der Waals surface area contributed by atoms with E-state index in [2.05, 4.69) is 55.4 Å². The van der Waals surface area contributed by atoms with Crippen molar-refractivity contribution < 1.29 is 0 Å². The van der Waals surface area contributed by atoms with Crippen molar-refractivity contribution >= 4 is 0 Å². The van der Waals surface area contributed by atoms with Crippen LogP contribution in [0.1, 0.15) is 81.1 Å². The van der Waals surface area contributed by atoms with Crippen LogP contribution < -0.4 is 0 Å². The summed E-state index contributed by atoms with van der Waals surface area (Å²) in [4.78, 5) is 0. The molecule has 0 spiro atoms. The Bertz CT molecular complexity index is 267. The van der Waals surface area contributed by atoms with Gasteiger partial charge in [0.15, 0.2) is 0 Å². The third-order valence-electron chi connectivity index (χ3n) is 6.64. The van der Waals surface area contributed by atoms with E-state index in [-0.39, 0.29) is 0 Å². The molecule has 0 N–H and O–H groups in total. The molecule has 0 aromatic rings. The molecule has 0 aromatic carbocycles. The molecule has 1 aliphatic carbocycles. The van der Waals surface area contributed by atoms with Gasteiger partial charge >= 0.3 is 0 Å². The monoisotopic (exact) mass is 266 g/mol. The lowest BCUT2D eigenvalue weighted by Gasteiger charge is -2.29. The van der Waals surface area contributed by atoms with Gasteiger partial charge < -0.3 is 0 Å². The van der Waals surface area contributed by atoms with Crippen LogP contribution in [0, 0.1) is 40.9 Å². The smallest absolute Gasteiger partial charge is 0.0289 e. The van der Waals surface area contributed by atoms with E-state index in [0.29, 0.717) is 5.41 Å². The number of hydrogen-bond acceptors (Lipinski definition) is 0. The Balaban J connectivity index is 2.57. The molecule has 0 aromatic heterocycles. The fourth-order valence-electron chi connectivity index (χ4n) is 4.15. The quantitative estimate of drug-likeness (QED) is 0.476. The van der Waals surface area contributed by atoms with Gasteiger partial charge in [-0.2, -0.15) is 0 Å². The van der Waals surface area contributed by atoms with Crippen molar-refractivity contribution in [2.24, 2.45) is 40.9 Å². The van der Waals surface area contributed by atoms with Gasteiger partial charge in [-0.3, -0.25) is 0 Å². The maximum atomic E-state index is 2.56. The van der Waals surface area contributed by atoms with E-state index in [9.17, 15) is 0 Å². The second-order valence-corrected chi connectivity index (χ2v) is 8.18. The van der Waals surface area contributed by atoms with E-state index < -0.39 is 0 Å². The largest absolute Gasteiger partial charge is 0.0651 e. The normalized spacial score (nSPS) is 33.0. The standard InChI is InChI=1S/C19H38/c1-9-14(5)17(10-2)11-19(8)12-18(19)16(7)15(6)13(3)4/h13-18H,9-12H2,1-8H3. The minimum absolute atomic E-state index is 0.659. The van der Waals surface area contributed by atoms with E-state index in [4.69, 9.17) is 0 Å². The molecule has 1 saturated carbocycles. The van der Waals surface area contributed by atoms with Crippen LogP contribution >= 0.6 is 0 Å². The summed E-state index contributed by atoms with van der Waals surface area (Å²) in [7, 11) is 0. The molecule has 1 fully saturated rings. The average molecular weight is 267 g/mol. The van der Waals surface area contributed by atoms with E-state index in [1.54, 1.807) is 0 Å². The molecular formula is C19H38. The minimum atomic E-state index is 0.659. The van der Waals surface area contributed by atoms with Crippen molar-refractivity contribution in [3.05, 3.63) is 0 Å². The SMILES string of the molecule is CCC(C)C(CC)CC1(C)CC1C(C)C(C)C(C)C. The zero-order valence-corrected chi connectivity index (χ0v) is 14.8. The Hall–Kier alpha value is 0. The molecule has 1 aliphatic rings. The lowest BCUT2D eigenvalue weighted by atomic mass is 9.76. The second kappa shape index (κ2) is 6.64. The molecule has 0 saturated heterocycles. The molecule has 114 valence electrons. The molecule has 19 heavy (non-hydrogen) atoms. The molecular weight excluding hydrogens is 228 g/mol. The van der Waals surface area contributed by atoms with Crippen molar-refractivity contribution in [3.63, 3.8) is 0 Å². The molecule has 0 aliphatic heterocycles. The summed E-state index contributed by atoms with van der Waals surface area (Å²) in [5.74, 6) is 5.44. The van der Waals surface area contributed by atoms with Crippen LogP contribution in [0.3, 0.4) is 0 Å². The Morgan fingerprint density at radius 3 is 2.00 bits per heavy atom. The Labute approximate surface area is 122 Å². The lowest BCUT2D eigenvalue weighted by molar-refractivity contribution is 0.205. The van der Waals surface area contributed by atoms with E-state index in [1.165, 1.54) is 25.7 Å². The molecule has 0 radical (unpaired) electrons. The number of hydrogen-bond donors (Lipinski definition) is 0. The van der Waals surface area contributed by atoms with Crippen LogP contribution in [0.4, 0.5) is 0 Å². The van der Waals surface area contributed by atoms with Gasteiger partial charge in [0, 0.05) is 0 Å². The van der Waals surface area contributed by atoms with E-state index >= 15 is 0 Å². The molecule has 0 nitrogen and oxygen atoms in total. The summed E-state index contributed by atoms with van der Waals surface area (Å²) >= 11 is 0. The van der Waals surface area contributed by atoms with Gasteiger partial charge in [-0.1, -0.05) is 68.2 Å². The summed E-state index contributed by atoms with van der Waals surface area (Å²) in [6.07, 6.45) is 5.67. The summed E-state index contributed by atoms with van der Waals surface area (Å²) in [6, 6.07) is 0. The first-order valence-corrected chi connectivity index (χ1v) is 8.76. The maximum Gasteiger partial charge on any atom is -0.0289 e. The first-order chi connectivity index (χ1) is 8.76. The summed E-state index contributed by atoms with van der Waals surface area (Å²) in [5, 5.41) is 0. The van der Waals surface area contributed by atoms with Gasteiger partial charge in [-0.15, -0.1) is 0 Å². The first kappa shape index (κ1) is 17.1. The predicted molar refractivity (Wildman–Crippen MR) is 87.2 cm³/mol. The lowest BCUT2D eigenvalue weighted by Crippen LogP contribution is -2.21. The van der Waals surface area contributed by atoms with Gasteiger partial charge in [0.1, 0.15) is 0 Å². The van der Waals surface area contributed by atoms with Crippen molar-refractivity contribution in [1.29, 1.82) is 0 Å². The van der Waals surface area contributed by atoms with Crippen molar-refractivity contribution in [1.82, 2.24) is 0 Å². The fourth-order valence-corrected chi connectivity index (χ4v) is 4.15. The maximum absolute atomic E-state index is 2.56. The predicted octanol–water partition coefficient (Wildman–Crippen LogP) is 6.40. The highest BCUT2D eigenvalue weighted by Crippen LogP contribution is 2.62. The van der Waals surface area contributed by atoms with E-state index in [0.717, 1.165) is 35.5 Å². The third-order valence-corrected chi connectivity index (χ3v) is 6.64. The minimum Gasteiger partial charge on any atom is -0.0651 e. The summed E-state index contributed by atoms with van der Waals surface area (Å²) in [5.41, 5.74) is 0.659. The zero-order valence-electron chi connectivity index (χ0n) is 14.8. The van der Waals surface area contributed by atoms with Crippen LogP contribution in [0.15, 0.2) is 0 Å². The molecule has 0 heteroatoms. The molecule has 6 unspecified atom stereocenters. The molecule has 0 bridgehead atoms. The van der Waals surface area contributed by atoms with Crippen LogP contribution in [0.5, 0.6) is 0 Å². The molecule has 6 atom stereocenters. The van der Waals surface area contributed by atoms with Gasteiger partial charge in [0.05, 0.1) is 0 Å². The molecule has 0 heterocycles. The third kappa shape index (κ3) is 3.99. The zero-order chi connectivity index (χ0) is 14.8. The molecule has 0 amide bonds. The van der Waals surface area contributed by atoms with Crippen molar-refractivity contribution in [3.8, 4) is 0 Å².